The van der Waals surface area contributed by atoms with Crippen LogP contribution in [-0.4, -0.2) is 10.7 Å². The Kier molecular flexibility index (Phi) is 5.81. The molecule has 0 nitrogen and oxygen atoms in total. The second-order valence-electron chi connectivity index (χ2n) is 4.97. The van der Waals surface area contributed by atoms with E-state index in [1.54, 1.807) is 6.07 Å². The van der Waals surface area contributed by atoms with Gasteiger partial charge in [0.2, 0.25) is 0 Å². The summed E-state index contributed by atoms with van der Waals surface area (Å²) < 4.78 is 27.3. The number of rotatable bonds is 5. The molecule has 0 atom stereocenters. The summed E-state index contributed by atoms with van der Waals surface area (Å²) >= 11 is 13.1. The van der Waals surface area contributed by atoms with Crippen molar-refractivity contribution in [2.45, 2.75) is 11.8 Å². The molecule has 0 fully saturated rings. The largest absolute Gasteiger partial charge is 0.207 e. The molecule has 2 aromatic rings. The third-order valence-electron chi connectivity index (χ3n) is 3.49. The maximum absolute atomic E-state index is 13.9. The van der Waals surface area contributed by atoms with Crippen molar-refractivity contribution in [1.29, 1.82) is 0 Å². The Morgan fingerprint density at radius 1 is 1.00 bits per heavy atom. The number of hydrogen-bond donors (Lipinski definition) is 0. The fraction of sp³-hybridized carbons (Fsp3) is 0.250. The molecule has 2 rings (SSSR count). The van der Waals surface area contributed by atoms with Crippen LogP contribution in [-0.2, 0) is 11.8 Å². The monoisotopic (exact) mass is 436 g/mol. The summed E-state index contributed by atoms with van der Waals surface area (Å²) in [6.07, 6.45) is 0.368. The van der Waals surface area contributed by atoms with Gasteiger partial charge in [-0.25, -0.2) is 8.78 Å². The predicted molar refractivity (Wildman–Crippen MR) is 90.8 cm³/mol. The lowest BCUT2D eigenvalue weighted by molar-refractivity contribution is 0.516. The summed E-state index contributed by atoms with van der Waals surface area (Å²) in [5.41, 5.74) is 0.931. The van der Waals surface area contributed by atoms with Gasteiger partial charge in [-0.1, -0.05) is 55.6 Å². The van der Waals surface area contributed by atoms with Crippen molar-refractivity contribution in [3.63, 3.8) is 0 Å². The van der Waals surface area contributed by atoms with Gasteiger partial charge in [0, 0.05) is 21.1 Å². The van der Waals surface area contributed by atoms with Crippen molar-refractivity contribution in [1.82, 2.24) is 0 Å². The van der Waals surface area contributed by atoms with Gasteiger partial charge in [0.15, 0.2) is 0 Å². The molecule has 21 heavy (non-hydrogen) atoms. The zero-order valence-electron chi connectivity index (χ0n) is 11.1. The van der Waals surface area contributed by atoms with Crippen molar-refractivity contribution in [3.05, 3.63) is 70.2 Å². The Bertz CT molecular complexity index is 627. The maximum Gasteiger partial charge on any atom is 0.126 e. The predicted octanol–water partition coefficient (Wildman–Crippen LogP) is 5.89. The minimum Gasteiger partial charge on any atom is -0.207 e. The van der Waals surface area contributed by atoms with Crippen LogP contribution >= 0.6 is 43.5 Å². The van der Waals surface area contributed by atoms with Gasteiger partial charge in [-0.15, -0.1) is 0 Å². The minimum atomic E-state index is -0.435. The zero-order chi connectivity index (χ0) is 15.5. The van der Waals surface area contributed by atoms with E-state index >= 15 is 0 Å². The van der Waals surface area contributed by atoms with E-state index in [1.807, 2.05) is 18.2 Å². The highest BCUT2D eigenvalue weighted by molar-refractivity contribution is 9.09. The lowest BCUT2D eigenvalue weighted by Crippen LogP contribution is -2.33. The molecule has 0 bridgehead atoms. The van der Waals surface area contributed by atoms with Crippen LogP contribution in [0.1, 0.15) is 11.1 Å². The minimum absolute atomic E-state index is 0.355. The van der Waals surface area contributed by atoms with Crippen molar-refractivity contribution < 1.29 is 8.78 Å². The van der Waals surface area contributed by atoms with E-state index in [0.29, 0.717) is 27.7 Å². The number of alkyl halides is 2. The first-order valence-corrected chi connectivity index (χ1v) is 8.95. The lowest BCUT2D eigenvalue weighted by atomic mass is 9.79. The average molecular weight is 439 g/mol. The molecule has 0 aliphatic rings. The van der Waals surface area contributed by atoms with Gasteiger partial charge in [0.05, 0.1) is 0 Å². The summed E-state index contributed by atoms with van der Waals surface area (Å²) in [5.74, 6) is -0.833. The first kappa shape index (κ1) is 16.9. The molecule has 0 amide bonds. The van der Waals surface area contributed by atoms with E-state index in [9.17, 15) is 8.78 Å². The molecule has 2 aromatic carbocycles. The maximum atomic E-state index is 13.9. The Morgan fingerprint density at radius 2 is 1.71 bits per heavy atom. The van der Waals surface area contributed by atoms with Crippen LogP contribution in [0.2, 0.25) is 5.02 Å². The van der Waals surface area contributed by atoms with Crippen molar-refractivity contribution >= 4 is 43.5 Å². The van der Waals surface area contributed by atoms with Gasteiger partial charge in [0.25, 0.3) is 0 Å². The van der Waals surface area contributed by atoms with E-state index in [4.69, 9.17) is 11.6 Å². The SMILES string of the molecule is Fc1ccc(F)c(CC(CBr)(CBr)c2cccc(Cl)c2)c1. The molecular formula is C16H13Br2ClF2. The molecule has 112 valence electrons. The summed E-state index contributed by atoms with van der Waals surface area (Å²) in [5, 5.41) is 1.82. The third-order valence-corrected chi connectivity index (χ3v) is 5.87. The van der Waals surface area contributed by atoms with E-state index in [2.05, 4.69) is 31.9 Å². The summed E-state index contributed by atoms with van der Waals surface area (Å²) in [6, 6.07) is 11.0. The molecule has 0 aliphatic heterocycles. The number of halogens is 5. The number of benzene rings is 2. The topological polar surface area (TPSA) is 0 Å². The molecule has 0 aliphatic carbocycles. The molecule has 0 aromatic heterocycles. The summed E-state index contributed by atoms with van der Waals surface area (Å²) in [7, 11) is 0. The first-order chi connectivity index (χ1) is 10.0. The third kappa shape index (κ3) is 3.85. The van der Waals surface area contributed by atoms with Crippen LogP contribution in [0.3, 0.4) is 0 Å². The van der Waals surface area contributed by atoms with Gasteiger partial charge in [0.1, 0.15) is 11.6 Å². The van der Waals surface area contributed by atoms with Gasteiger partial charge in [-0.05, 0) is 47.9 Å². The average Bonchev–Trinajstić information content (AvgIpc) is 2.48. The van der Waals surface area contributed by atoms with Crippen LogP contribution in [0.4, 0.5) is 8.78 Å². The van der Waals surface area contributed by atoms with Crippen LogP contribution < -0.4 is 0 Å². The lowest BCUT2D eigenvalue weighted by Gasteiger charge is -2.31. The van der Waals surface area contributed by atoms with Crippen LogP contribution in [0.15, 0.2) is 42.5 Å². The molecule has 0 saturated heterocycles. The Hall–Kier alpha value is -0.450. The van der Waals surface area contributed by atoms with Crippen LogP contribution in [0.5, 0.6) is 0 Å². The van der Waals surface area contributed by atoms with Gasteiger partial charge in [-0.2, -0.15) is 0 Å². The molecule has 0 N–H and O–H groups in total. The van der Waals surface area contributed by atoms with E-state index < -0.39 is 17.0 Å². The highest BCUT2D eigenvalue weighted by Gasteiger charge is 2.31. The Balaban J connectivity index is 2.45. The second kappa shape index (κ2) is 7.21. The summed E-state index contributed by atoms with van der Waals surface area (Å²) in [4.78, 5) is 0. The molecule has 0 heterocycles. The fourth-order valence-corrected chi connectivity index (χ4v) is 4.41. The van der Waals surface area contributed by atoms with Crippen molar-refractivity contribution in [2.75, 3.05) is 10.7 Å². The molecular weight excluding hydrogens is 425 g/mol. The Morgan fingerprint density at radius 3 is 2.33 bits per heavy atom. The van der Waals surface area contributed by atoms with Crippen LogP contribution in [0.25, 0.3) is 0 Å². The van der Waals surface area contributed by atoms with E-state index in [1.165, 1.54) is 6.07 Å². The first-order valence-electron chi connectivity index (χ1n) is 6.33. The molecule has 0 unspecified atom stereocenters. The van der Waals surface area contributed by atoms with E-state index in [-0.39, 0.29) is 0 Å². The normalized spacial score (nSPS) is 11.7. The fourth-order valence-electron chi connectivity index (χ4n) is 2.25. The second-order valence-corrected chi connectivity index (χ2v) is 6.53. The summed E-state index contributed by atoms with van der Waals surface area (Å²) in [6.45, 7) is 0. The van der Waals surface area contributed by atoms with Gasteiger partial charge in [-0.3, -0.25) is 0 Å². The number of hydrogen-bond acceptors (Lipinski definition) is 0. The molecule has 5 heteroatoms. The van der Waals surface area contributed by atoms with Gasteiger partial charge >= 0.3 is 0 Å². The Labute approximate surface area is 144 Å². The van der Waals surface area contributed by atoms with E-state index in [0.717, 1.165) is 17.7 Å². The smallest absolute Gasteiger partial charge is 0.126 e. The zero-order valence-corrected chi connectivity index (χ0v) is 15.0. The highest BCUT2D eigenvalue weighted by atomic mass is 79.9. The van der Waals surface area contributed by atoms with Gasteiger partial charge < -0.3 is 0 Å². The standard InChI is InChI=1S/C16H13Br2ClF2/c17-9-16(10-18,12-2-1-3-13(19)7-12)8-11-6-14(20)4-5-15(11)21/h1-7H,8-10H2. The molecule has 0 spiro atoms. The quantitative estimate of drug-likeness (QED) is 0.511. The highest BCUT2D eigenvalue weighted by Crippen LogP contribution is 2.34. The molecule has 0 radical (unpaired) electrons. The molecule has 0 saturated carbocycles. The van der Waals surface area contributed by atoms with Crippen molar-refractivity contribution in [2.24, 2.45) is 0 Å². The van der Waals surface area contributed by atoms with Crippen molar-refractivity contribution in [3.8, 4) is 0 Å². The van der Waals surface area contributed by atoms with Crippen LogP contribution in [0, 0.1) is 11.6 Å².